The van der Waals surface area contributed by atoms with Crippen LogP contribution >= 0.6 is 0 Å². The number of aliphatic hydroxyl groups excluding tert-OH is 1. The van der Waals surface area contributed by atoms with Gasteiger partial charge in [0, 0.05) is 19.2 Å². The number of carbonyl (C=O) groups is 1. The van der Waals surface area contributed by atoms with E-state index in [1.165, 1.54) is 12.8 Å². The average Bonchev–Trinajstić information content (AvgIpc) is 2.71. The Labute approximate surface area is 103 Å². The molecular formula is C12H25N3O2. The van der Waals surface area contributed by atoms with Crippen LogP contribution in [0.3, 0.4) is 0 Å². The molecule has 1 atom stereocenters. The first-order chi connectivity index (χ1) is 8.01. The number of likely N-dealkylation sites (tertiary alicyclic amines) is 1. The summed E-state index contributed by atoms with van der Waals surface area (Å²) in [5.41, 5.74) is 1.77. The molecule has 0 radical (unpaired) electrons. The Morgan fingerprint density at radius 2 is 2.29 bits per heavy atom. The fourth-order valence-corrected chi connectivity index (χ4v) is 2.53. The molecule has 5 heteroatoms. The zero-order valence-electron chi connectivity index (χ0n) is 10.9. The van der Waals surface area contributed by atoms with E-state index in [4.69, 9.17) is 10.9 Å². The molecule has 1 aliphatic rings. The molecule has 1 unspecified atom stereocenters. The van der Waals surface area contributed by atoms with E-state index in [1.54, 1.807) is 0 Å². The van der Waals surface area contributed by atoms with E-state index in [0.717, 1.165) is 25.9 Å². The second-order valence-corrected chi connectivity index (χ2v) is 5.49. The van der Waals surface area contributed by atoms with Crippen molar-refractivity contribution in [3.63, 3.8) is 0 Å². The van der Waals surface area contributed by atoms with Crippen molar-refractivity contribution in [2.24, 2.45) is 11.3 Å². The minimum absolute atomic E-state index is 0.120. The molecule has 100 valence electrons. The van der Waals surface area contributed by atoms with Crippen molar-refractivity contribution >= 4 is 5.91 Å². The zero-order chi connectivity index (χ0) is 12.9. The fraction of sp³-hybridized carbons (Fsp3) is 0.917. The standard InChI is InChI=1S/C12H25N3O2/c1-12(2,11(17)14-13)9-15-7-3-5-10(15)6-4-8-16/h10,16H,3-9,13H2,1-2H3,(H,14,17). The molecule has 0 bridgehead atoms. The predicted octanol–water partition coefficient (Wildman–Crippen LogP) is 0.239. The first-order valence-electron chi connectivity index (χ1n) is 6.37. The van der Waals surface area contributed by atoms with Crippen molar-refractivity contribution in [3.05, 3.63) is 0 Å². The van der Waals surface area contributed by atoms with Gasteiger partial charge in [-0.15, -0.1) is 0 Å². The molecule has 0 aromatic carbocycles. The minimum Gasteiger partial charge on any atom is -0.396 e. The van der Waals surface area contributed by atoms with Crippen LogP contribution in [-0.2, 0) is 4.79 Å². The summed E-state index contributed by atoms with van der Waals surface area (Å²) in [7, 11) is 0. The number of nitrogens with zero attached hydrogens (tertiary/aromatic N) is 1. The van der Waals surface area contributed by atoms with Crippen LogP contribution < -0.4 is 11.3 Å². The summed E-state index contributed by atoms with van der Waals surface area (Å²) in [6.45, 7) is 5.84. The maximum absolute atomic E-state index is 11.6. The highest BCUT2D eigenvalue weighted by Gasteiger charge is 2.34. The molecule has 17 heavy (non-hydrogen) atoms. The molecule has 1 saturated heterocycles. The molecule has 0 aliphatic carbocycles. The third kappa shape index (κ3) is 3.94. The summed E-state index contributed by atoms with van der Waals surface area (Å²) in [5.74, 6) is 5.08. The maximum atomic E-state index is 11.6. The van der Waals surface area contributed by atoms with Crippen molar-refractivity contribution in [1.82, 2.24) is 10.3 Å². The summed E-state index contributed by atoms with van der Waals surface area (Å²) < 4.78 is 0. The molecular weight excluding hydrogens is 218 g/mol. The molecule has 1 aliphatic heterocycles. The van der Waals surface area contributed by atoms with Gasteiger partial charge in [-0.2, -0.15) is 0 Å². The van der Waals surface area contributed by atoms with Gasteiger partial charge in [0.15, 0.2) is 0 Å². The molecule has 1 fully saturated rings. The Kier molecular flexibility index (Phi) is 5.36. The monoisotopic (exact) mass is 243 g/mol. The summed E-state index contributed by atoms with van der Waals surface area (Å²) in [6.07, 6.45) is 4.19. The van der Waals surface area contributed by atoms with Crippen LogP contribution in [0.5, 0.6) is 0 Å². The molecule has 0 spiro atoms. The van der Waals surface area contributed by atoms with Crippen molar-refractivity contribution in [1.29, 1.82) is 0 Å². The van der Waals surface area contributed by atoms with Crippen LogP contribution in [0.25, 0.3) is 0 Å². The lowest BCUT2D eigenvalue weighted by Crippen LogP contribution is -2.48. The van der Waals surface area contributed by atoms with E-state index in [0.29, 0.717) is 6.04 Å². The first kappa shape index (κ1) is 14.4. The summed E-state index contributed by atoms with van der Waals surface area (Å²) in [5, 5.41) is 8.87. The van der Waals surface area contributed by atoms with Gasteiger partial charge in [-0.1, -0.05) is 0 Å². The van der Waals surface area contributed by atoms with E-state index in [-0.39, 0.29) is 12.5 Å². The number of nitrogens with two attached hydrogens (primary N) is 1. The molecule has 4 N–H and O–H groups in total. The Hall–Kier alpha value is -0.650. The number of hydrogen-bond acceptors (Lipinski definition) is 4. The number of amides is 1. The van der Waals surface area contributed by atoms with Crippen LogP contribution in [0.1, 0.15) is 39.5 Å². The van der Waals surface area contributed by atoms with E-state index in [9.17, 15) is 4.79 Å². The van der Waals surface area contributed by atoms with Crippen molar-refractivity contribution in [2.75, 3.05) is 19.7 Å². The Morgan fingerprint density at radius 3 is 2.88 bits per heavy atom. The smallest absolute Gasteiger partial charge is 0.240 e. The highest BCUT2D eigenvalue weighted by molar-refractivity contribution is 5.81. The van der Waals surface area contributed by atoms with E-state index in [2.05, 4.69) is 10.3 Å². The van der Waals surface area contributed by atoms with Crippen LogP contribution in [0.15, 0.2) is 0 Å². The highest BCUT2D eigenvalue weighted by atomic mass is 16.3. The topological polar surface area (TPSA) is 78.6 Å². The first-order valence-corrected chi connectivity index (χ1v) is 6.37. The molecule has 5 nitrogen and oxygen atoms in total. The van der Waals surface area contributed by atoms with Crippen molar-refractivity contribution < 1.29 is 9.90 Å². The summed E-state index contributed by atoms with van der Waals surface area (Å²) >= 11 is 0. The van der Waals surface area contributed by atoms with Gasteiger partial charge in [-0.05, 0) is 46.1 Å². The minimum atomic E-state index is -0.462. The number of carbonyl (C=O) groups excluding carboxylic acids is 1. The Balaban J connectivity index is 2.51. The molecule has 0 saturated carbocycles. The summed E-state index contributed by atoms with van der Waals surface area (Å²) in [6, 6.07) is 0.506. The lowest BCUT2D eigenvalue weighted by Gasteiger charge is -2.32. The quantitative estimate of drug-likeness (QED) is 0.355. The normalized spacial score (nSPS) is 21.8. The van der Waals surface area contributed by atoms with Gasteiger partial charge < -0.3 is 5.11 Å². The number of rotatable bonds is 6. The largest absolute Gasteiger partial charge is 0.396 e. The molecule has 1 heterocycles. The average molecular weight is 243 g/mol. The Bertz CT molecular complexity index is 256. The molecule has 1 rings (SSSR count). The van der Waals surface area contributed by atoms with Gasteiger partial charge >= 0.3 is 0 Å². The van der Waals surface area contributed by atoms with Crippen LogP contribution in [0.2, 0.25) is 0 Å². The third-order valence-corrected chi connectivity index (χ3v) is 3.54. The van der Waals surface area contributed by atoms with Gasteiger partial charge in [-0.25, -0.2) is 5.84 Å². The van der Waals surface area contributed by atoms with Gasteiger partial charge in [0.2, 0.25) is 5.91 Å². The highest BCUT2D eigenvalue weighted by Crippen LogP contribution is 2.26. The molecule has 1 amide bonds. The van der Waals surface area contributed by atoms with E-state index < -0.39 is 5.41 Å². The third-order valence-electron chi connectivity index (χ3n) is 3.54. The van der Waals surface area contributed by atoms with Crippen molar-refractivity contribution in [2.45, 2.75) is 45.6 Å². The number of nitrogens with one attached hydrogen (secondary N) is 1. The van der Waals surface area contributed by atoms with Gasteiger partial charge in [-0.3, -0.25) is 15.1 Å². The fourth-order valence-electron chi connectivity index (χ4n) is 2.53. The number of hydrazine groups is 1. The van der Waals surface area contributed by atoms with E-state index >= 15 is 0 Å². The van der Waals surface area contributed by atoms with E-state index in [1.807, 2.05) is 13.8 Å². The lowest BCUT2D eigenvalue weighted by atomic mass is 9.91. The molecule has 0 aromatic heterocycles. The SMILES string of the molecule is CC(C)(CN1CCCC1CCCO)C(=O)NN. The van der Waals surface area contributed by atoms with Gasteiger partial charge in [0.05, 0.1) is 5.41 Å². The van der Waals surface area contributed by atoms with Crippen LogP contribution in [0.4, 0.5) is 0 Å². The number of hydrogen-bond donors (Lipinski definition) is 3. The second kappa shape index (κ2) is 6.33. The second-order valence-electron chi connectivity index (χ2n) is 5.49. The Morgan fingerprint density at radius 1 is 1.59 bits per heavy atom. The molecule has 0 aromatic rings. The lowest BCUT2D eigenvalue weighted by molar-refractivity contribution is -0.130. The zero-order valence-corrected chi connectivity index (χ0v) is 10.9. The van der Waals surface area contributed by atoms with Gasteiger partial charge in [0.1, 0.15) is 0 Å². The predicted molar refractivity (Wildman–Crippen MR) is 67.0 cm³/mol. The van der Waals surface area contributed by atoms with Gasteiger partial charge in [0.25, 0.3) is 0 Å². The van der Waals surface area contributed by atoms with Crippen LogP contribution in [0, 0.1) is 5.41 Å². The summed E-state index contributed by atoms with van der Waals surface area (Å²) in [4.78, 5) is 14.0. The number of aliphatic hydroxyl groups is 1. The van der Waals surface area contributed by atoms with Crippen LogP contribution in [-0.4, -0.2) is 41.7 Å². The van der Waals surface area contributed by atoms with Crippen molar-refractivity contribution in [3.8, 4) is 0 Å². The maximum Gasteiger partial charge on any atom is 0.240 e.